The van der Waals surface area contributed by atoms with Crippen LogP contribution in [-0.4, -0.2) is 36.7 Å². The summed E-state index contributed by atoms with van der Waals surface area (Å²) in [6, 6.07) is 0. The van der Waals surface area contributed by atoms with Crippen molar-refractivity contribution in [2.24, 2.45) is 0 Å². The van der Waals surface area contributed by atoms with Crippen LogP contribution in [0.15, 0.2) is 56.2 Å². The van der Waals surface area contributed by atoms with Crippen LogP contribution in [0.1, 0.15) is 41.5 Å². The van der Waals surface area contributed by atoms with E-state index in [1.54, 1.807) is 0 Å². The summed E-state index contributed by atoms with van der Waals surface area (Å²) in [6.45, 7) is 19.2. The van der Waals surface area contributed by atoms with Crippen LogP contribution in [0.2, 0.25) is 0 Å². The Morgan fingerprint density at radius 1 is 0.618 bits per heavy atom. The van der Waals surface area contributed by atoms with Gasteiger partial charge in [0.05, 0.1) is 39.3 Å². The molecule has 0 bridgehead atoms. The van der Waals surface area contributed by atoms with Crippen molar-refractivity contribution in [2.45, 2.75) is 80.8 Å². The smallest absolute Gasteiger partial charge is 0.243 e. The van der Waals surface area contributed by atoms with Gasteiger partial charge in [-0.25, -0.2) is 27.4 Å². The summed E-state index contributed by atoms with van der Waals surface area (Å²) in [7, 11) is -5.17. The van der Waals surface area contributed by atoms with Gasteiger partial charge in [-0.3, -0.25) is 8.42 Å². The van der Waals surface area contributed by atoms with Gasteiger partial charge in [0.15, 0.2) is 0 Å². The molecular formula is C21H41N6O5SY+. The molecule has 1 radical (unpaired) electrons. The average molecular weight is 579 g/mol. The molecule has 34 heavy (non-hydrogen) atoms. The van der Waals surface area contributed by atoms with Gasteiger partial charge < -0.3 is 14.6 Å². The van der Waals surface area contributed by atoms with Crippen LogP contribution in [-0.2, 0) is 82.4 Å². The maximum absolute atomic E-state index is 8.52. The molecule has 193 valence electrons. The van der Waals surface area contributed by atoms with E-state index in [0.717, 1.165) is 39.3 Å². The molecule has 2 N–H and O–H groups in total. The van der Waals surface area contributed by atoms with Crippen LogP contribution in [0.5, 0.6) is 0 Å². The van der Waals surface area contributed by atoms with E-state index >= 15 is 0 Å². The predicted octanol–water partition coefficient (Wildman–Crippen LogP) is 0.281. The first-order valence-corrected chi connectivity index (χ1v) is 12.2. The van der Waals surface area contributed by atoms with Crippen molar-refractivity contribution < 1.29 is 69.4 Å². The Kier molecular flexibility index (Phi) is 22.8. The molecule has 3 aromatic rings. The van der Waals surface area contributed by atoms with Crippen LogP contribution >= 0.6 is 0 Å². The molecule has 0 unspecified atom stereocenters. The minimum Gasteiger partial charge on any atom is -0.759 e. The van der Waals surface area contributed by atoms with E-state index in [2.05, 4.69) is 125 Å². The second kappa shape index (κ2) is 20.9. The summed E-state index contributed by atoms with van der Waals surface area (Å²) in [5, 5.41) is 0. The van der Waals surface area contributed by atoms with Gasteiger partial charge in [-0.15, -0.1) is 0 Å². The van der Waals surface area contributed by atoms with Crippen molar-refractivity contribution in [3.63, 3.8) is 0 Å². The molecule has 0 spiro atoms. The van der Waals surface area contributed by atoms with Gasteiger partial charge in [-0.2, -0.15) is 0 Å². The Bertz CT molecular complexity index is 808. The number of imidazole rings is 3. The van der Waals surface area contributed by atoms with Crippen LogP contribution in [0.4, 0.5) is 0 Å². The van der Waals surface area contributed by atoms with E-state index in [0.29, 0.717) is 0 Å². The zero-order valence-electron chi connectivity index (χ0n) is 21.2. The van der Waals surface area contributed by atoms with E-state index in [1.807, 2.05) is 0 Å². The van der Waals surface area contributed by atoms with Crippen molar-refractivity contribution in [1.82, 2.24) is 13.7 Å². The molecule has 0 amide bonds. The van der Waals surface area contributed by atoms with Gasteiger partial charge in [0.2, 0.25) is 19.0 Å². The standard InChI is InChI=1S/3C7H13N2.H2O4S.H2O.Y/c3*1-3-8-5-6-9(4-2)7-8;1-5(2,3)4;;/h3*5-7H,3-4H2,1-2H3;(H2,1,2,3,4);1H2;/q3*+1;;;/p-2. The van der Waals surface area contributed by atoms with Crippen LogP contribution in [0.3, 0.4) is 0 Å². The summed E-state index contributed by atoms with van der Waals surface area (Å²) in [5.74, 6) is 0. The number of rotatable bonds is 6. The molecule has 0 aliphatic carbocycles. The molecule has 11 nitrogen and oxygen atoms in total. The normalized spacial score (nSPS) is 9.65. The molecule has 3 aromatic heterocycles. The predicted molar refractivity (Wildman–Crippen MR) is 122 cm³/mol. The maximum Gasteiger partial charge on any atom is 0.243 e. The monoisotopic (exact) mass is 578 g/mol. The molecule has 0 aliphatic heterocycles. The molecule has 0 aliphatic rings. The zero-order chi connectivity index (χ0) is 24.6. The molecule has 3 rings (SSSR count). The van der Waals surface area contributed by atoms with Gasteiger partial charge in [-0.1, -0.05) is 0 Å². The minimum atomic E-state index is -5.17. The molecule has 0 saturated heterocycles. The second-order valence-electron chi connectivity index (χ2n) is 6.63. The topological polar surface area (TPSA) is 138 Å². The summed E-state index contributed by atoms with van der Waals surface area (Å²) in [4.78, 5) is 0. The largest absolute Gasteiger partial charge is 0.759 e. The molecule has 0 atom stereocenters. The number of aryl methyl sites for hydroxylation is 6. The summed E-state index contributed by atoms with van der Waals surface area (Å²) in [5.41, 5.74) is 0. The van der Waals surface area contributed by atoms with E-state index in [9.17, 15) is 0 Å². The molecule has 0 aromatic carbocycles. The number of hydrogen-bond acceptors (Lipinski definition) is 4. The first-order valence-electron chi connectivity index (χ1n) is 10.9. The Labute approximate surface area is 229 Å². The third-order valence-electron chi connectivity index (χ3n) is 4.43. The third kappa shape index (κ3) is 18.9. The van der Waals surface area contributed by atoms with E-state index in [-0.39, 0.29) is 38.2 Å². The zero-order valence-corrected chi connectivity index (χ0v) is 24.9. The molecule has 0 fully saturated rings. The SMILES string of the molecule is CCn1cc[n+](CC)c1.CCn1cc[n+](CC)c1.CCn1cc[n+](CC)c1.O.O=S(=O)([O-])[O-].[Y]. The fraction of sp³-hybridized carbons (Fsp3) is 0.571. The number of aromatic nitrogens is 6. The van der Waals surface area contributed by atoms with E-state index < -0.39 is 10.4 Å². The Hall–Kier alpha value is -1.44. The second-order valence-corrected chi connectivity index (χ2v) is 7.45. The Balaban J connectivity index is -0.000000378. The fourth-order valence-electron chi connectivity index (χ4n) is 2.44. The number of nitrogens with zero attached hydrogens (tertiary/aromatic N) is 6. The maximum atomic E-state index is 8.52. The van der Waals surface area contributed by atoms with Crippen molar-refractivity contribution in [1.29, 1.82) is 0 Å². The summed E-state index contributed by atoms with van der Waals surface area (Å²) >= 11 is 0. The first kappa shape index (κ1) is 37.1. The summed E-state index contributed by atoms with van der Waals surface area (Å²) < 4.78 is 47.0. The Morgan fingerprint density at radius 2 is 0.824 bits per heavy atom. The van der Waals surface area contributed by atoms with E-state index in [1.165, 1.54) is 0 Å². The average Bonchev–Trinajstić information content (AvgIpc) is 3.53. The molecule has 13 heteroatoms. The van der Waals surface area contributed by atoms with Crippen LogP contribution in [0, 0.1) is 0 Å². The first-order chi connectivity index (χ1) is 15.1. The number of hydrogen-bond donors (Lipinski definition) is 0. The van der Waals surface area contributed by atoms with Crippen molar-refractivity contribution in [3.05, 3.63) is 56.2 Å². The molecular weight excluding hydrogens is 537 g/mol. The van der Waals surface area contributed by atoms with Gasteiger partial charge >= 0.3 is 0 Å². The fourth-order valence-corrected chi connectivity index (χ4v) is 2.44. The quantitative estimate of drug-likeness (QED) is 0.236. The van der Waals surface area contributed by atoms with Gasteiger partial charge in [0, 0.05) is 43.1 Å². The third-order valence-corrected chi connectivity index (χ3v) is 4.43. The minimum absolute atomic E-state index is 0. The van der Waals surface area contributed by atoms with Crippen LogP contribution < -0.4 is 13.7 Å². The molecule has 0 saturated carbocycles. The van der Waals surface area contributed by atoms with Gasteiger partial charge in [-0.05, 0) is 41.5 Å². The van der Waals surface area contributed by atoms with Gasteiger partial charge in [0.25, 0.3) is 0 Å². The van der Waals surface area contributed by atoms with Crippen molar-refractivity contribution in [3.8, 4) is 0 Å². The Morgan fingerprint density at radius 3 is 0.912 bits per heavy atom. The van der Waals surface area contributed by atoms with Crippen molar-refractivity contribution in [2.75, 3.05) is 0 Å². The molecule has 3 heterocycles. The van der Waals surface area contributed by atoms with Crippen LogP contribution in [0.25, 0.3) is 0 Å². The van der Waals surface area contributed by atoms with Gasteiger partial charge in [0.1, 0.15) is 37.2 Å². The van der Waals surface area contributed by atoms with Crippen molar-refractivity contribution >= 4 is 10.4 Å². The van der Waals surface area contributed by atoms with E-state index in [4.69, 9.17) is 17.5 Å². The summed E-state index contributed by atoms with van der Waals surface area (Å²) in [6.07, 6.45) is 18.9.